The minimum Gasteiger partial charge on any atom is -0.390 e. The number of benzene rings is 1. The van der Waals surface area contributed by atoms with Crippen molar-refractivity contribution in [2.45, 2.75) is 12.0 Å². The molecule has 0 aliphatic carbocycles. The van der Waals surface area contributed by atoms with E-state index in [0.29, 0.717) is 0 Å². The highest BCUT2D eigenvalue weighted by molar-refractivity contribution is 5.42. The van der Waals surface area contributed by atoms with Crippen LogP contribution in [-0.4, -0.2) is 22.6 Å². The molecule has 0 aromatic heterocycles. The van der Waals surface area contributed by atoms with Gasteiger partial charge in [-0.2, -0.15) is 0 Å². The smallest absolute Gasteiger partial charge is 0.289 e. The Kier molecular flexibility index (Phi) is 3.51. The summed E-state index contributed by atoms with van der Waals surface area (Å²) in [5.41, 5.74) is 4.42. The molecular formula is C9H10F2N2O3. The molecule has 88 valence electrons. The number of halogens is 2. The third kappa shape index (κ3) is 2.31. The molecule has 5 nitrogen and oxygen atoms in total. The zero-order valence-electron chi connectivity index (χ0n) is 8.14. The second kappa shape index (κ2) is 4.50. The highest BCUT2D eigenvalue weighted by Gasteiger charge is 2.40. The first kappa shape index (κ1) is 12.5. The Hall–Kier alpha value is -1.60. The second-order valence-electron chi connectivity index (χ2n) is 3.21. The van der Waals surface area contributed by atoms with Crippen molar-refractivity contribution in [3.05, 3.63) is 39.9 Å². The largest absolute Gasteiger partial charge is 0.390 e. The molecule has 7 heteroatoms. The Morgan fingerprint density at radius 1 is 1.50 bits per heavy atom. The number of hydrogen-bond acceptors (Lipinski definition) is 4. The normalized spacial score (nSPS) is 13.5. The molecule has 0 saturated heterocycles. The lowest BCUT2D eigenvalue weighted by Gasteiger charge is -2.21. The van der Waals surface area contributed by atoms with E-state index in [-0.39, 0.29) is 5.56 Å². The minimum absolute atomic E-state index is 0.299. The third-order valence-corrected chi connectivity index (χ3v) is 2.13. The van der Waals surface area contributed by atoms with Crippen LogP contribution in [0.5, 0.6) is 0 Å². The van der Waals surface area contributed by atoms with E-state index >= 15 is 0 Å². The number of para-hydroxylation sites is 1. The monoisotopic (exact) mass is 232 g/mol. The molecule has 0 heterocycles. The Labute approximate surface area is 89.6 Å². The van der Waals surface area contributed by atoms with E-state index in [4.69, 9.17) is 10.8 Å². The SMILES string of the molecule is N[C@@H](c1ccccc1[N+](=O)[O-])C(F)(F)CO. The van der Waals surface area contributed by atoms with Crippen molar-refractivity contribution in [3.8, 4) is 0 Å². The number of aliphatic hydroxyl groups is 1. The average Bonchev–Trinajstić information content (AvgIpc) is 2.28. The van der Waals surface area contributed by atoms with Gasteiger partial charge in [0.25, 0.3) is 11.6 Å². The van der Waals surface area contributed by atoms with Crippen LogP contribution in [0.1, 0.15) is 11.6 Å². The van der Waals surface area contributed by atoms with E-state index in [1.165, 1.54) is 12.1 Å². The maximum Gasteiger partial charge on any atom is 0.289 e. The summed E-state index contributed by atoms with van der Waals surface area (Å²) in [4.78, 5) is 9.80. The highest BCUT2D eigenvalue weighted by Crippen LogP contribution is 2.33. The van der Waals surface area contributed by atoms with E-state index in [0.717, 1.165) is 12.1 Å². The van der Waals surface area contributed by atoms with Gasteiger partial charge in [-0.25, -0.2) is 8.78 Å². The van der Waals surface area contributed by atoms with Crippen molar-refractivity contribution < 1.29 is 18.8 Å². The summed E-state index contributed by atoms with van der Waals surface area (Å²) in [5, 5.41) is 19.0. The fraction of sp³-hybridized carbons (Fsp3) is 0.333. The number of nitro groups is 1. The molecule has 0 amide bonds. The van der Waals surface area contributed by atoms with Crippen LogP contribution in [0.25, 0.3) is 0 Å². The Bertz CT molecular complexity index is 398. The number of alkyl halides is 2. The Balaban J connectivity index is 3.18. The predicted molar refractivity (Wildman–Crippen MR) is 52.1 cm³/mol. The molecule has 1 aromatic carbocycles. The lowest BCUT2D eigenvalue weighted by Crippen LogP contribution is -2.36. The summed E-state index contributed by atoms with van der Waals surface area (Å²) in [6, 6.07) is 3.05. The topological polar surface area (TPSA) is 89.4 Å². The predicted octanol–water partition coefficient (Wildman–Crippen LogP) is 1.22. The average molecular weight is 232 g/mol. The van der Waals surface area contributed by atoms with E-state index in [9.17, 15) is 18.9 Å². The van der Waals surface area contributed by atoms with Crippen LogP contribution in [0.2, 0.25) is 0 Å². The molecule has 0 aliphatic rings. The fourth-order valence-corrected chi connectivity index (χ4v) is 1.24. The first-order valence-corrected chi connectivity index (χ1v) is 4.37. The number of nitro benzene ring substituents is 1. The molecule has 16 heavy (non-hydrogen) atoms. The second-order valence-corrected chi connectivity index (χ2v) is 3.21. The van der Waals surface area contributed by atoms with Gasteiger partial charge in [0.1, 0.15) is 12.6 Å². The Morgan fingerprint density at radius 3 is 2.56 bits per heavy atom. The van der Waals surface area contributed by atoms with Crippen molar-refractivity contribution in [3.63, 3.8) is 0 Å². The van der Waals surface area contributed by atoms with Crippen molar-refractivity contribution in [2.24, 2.45) is 5.73 Å². The lowest BCUT2D eigenvalue weighted by molar-refractivity contribution is -0.386. The standard InChI is InChI=1S/C9H10F2N2O3/c10-9(11,5-14)8(12)6-3-1-2-4-7(6)13(15)16/h1-4,8,14H,5,12H2/t8-/m0/s1. The molecule has 0 unspecified atom stereocenters. The van der Waals surface area contributed by atoms with Crippen LogP contribution in [0.3, 0.4) is 0 Å². The summed E-state index contributed by atoms with van der Waals surface area (Å²) < 4.78 is 26.2. The van der Waals surface area contributed by atoms with Gasteiger partial charge in [-0.3, -0.25) is 10.1 Å². The summed E-state index contributed by atoms with van der Waals surface area (Å²) in [6.45, 7) is -1.46. The van der Waals surface area contributed by atoms with Gasteiger partial charge < -0.3 is 10.8 Å². The van der Waals surface area contributed by atoms with Gasteiger partial charge in [0.15, 0.2) is 0 Å². The van der Waals surface area contributed by atoms with Crippen LogP contribution in [0, 0.1) is 10.1 Å². The minimum atomic E-state index is -3.59. The molecule has 1 aromatic rings. The molecule has 0 radical (unpaired) electrons. The first-order valence-electron chi connectivity index (χ1n) is 4.37. The summed E-state index contributed by atoms with van der Waals surface area (Å²) >= 11 is 0. The molecule has 3 N–H and O–H groups in total. The molecule has 0 fully saturated rings. The summed E-state index contributed by atoms with van der Waals surface area (Å²) in [7, 11) is 0. The van der Waals surface area contributed by atoms with E-state index in [1.54, 1.807) is 0 Å². The summed E-state index contributed by atoms with van der Waals surface area (Å²) in [5.74, 6) is -3.59. The molecular weight excluding hydrogens is 222 g/mol. The number of nitrogens with two attached hydrogens (primary N) is 1. The summed E-state index contributed by atoms with van der Waals surface area (Å²) in [6.07, 6.45) is 0. The van der Waals surface area contributed by atoms with E-state index in [2.05, 4.69) is 0 Å². The van der Waals surface area contributed by atoms with Gasteiger partial charge >= 0.3 is 0 Å². The van der Waals surface area contributed by atoms with Crippen LogP contribution in [0.4, 0.5) is 14.5 Å². The van der Waals surface area contributed by atoms with Crippen LogP contribution >= 0.6 is 0 Å². The van der Waals surface area contributed by atoms with Gasteiger partial charge in [0.05, 0.1) is 10.5 Å². The van der Waals surface area contributed by atoms with E-state index < -0.39 is 29.2 Å². The fourth-order valence-electron chi connectivity index (χ4n) is 1.24. The van der Waals surface area contributed by atoms with Gasteiger partial charge in [0, 0.05) is 6.07 Å². The molecule has 1 atom stereocenters. The molecule has 0 bridgehead atoms. The maximum atomic E-state index is 13.1. The van der Waals surface area contributed by atoms with Gasteiger partial charge in [0.2, 0.25) is 0 Å². The van der Waals surface area contributed by atoms with Gasteiger partial charge in [-0.05, 0) is 0 Å². The van der Waals surface area contributed by atoms with Crippen molar-refractivity contribution in [1.82, 2.24) is 0 Å². The third-order valence-electron chi connectivity index (χ3n) is 2.13. The number of hydrogen-bond donors (Lipinski definition) is 2. The first-order chi connectivity index (χ1) is 7.40. The lowest BCUT2D eigenvalue weighted by atomic mass is 10.0. The van der Waals surface area contributed by atoms with Crippen LogP contribution < -0.4 is 5.73 Å². The zero-order chi connectivity index (χ0) is 12.3. The highest BCUT2D eigenvalue weighted by atomic mass is 19.3. The van der Waals surface area contributed by atoms with Gasteiger partial charge in [-0.15, -0.1) is 0 Å². The molecule has 0 saturated carbocycles. The molecule has 1 rings (SSSR count). The zero-order valence-corrected chi connectivity index (χ0v) is 8.14. The van der Waals surface area contributed by atoms with Crippen molar-refractivity contribution in [1.29, 1.82) is 0 Å². The Morgan fingerprint density at radius 2 is 2.06 bits per heavy atom. The molecule has 0 aliphatic heterocycles. The van der Waals surface area contributed by atoms with Crippen LogP contribution in [0.15, 0.2) is 24.3 Å². The number of rotatable bonds is 4. The van der Waals surface area contributed by atoms with Crippen LogP contribution in [-0.2, 0) is 0 Å². The quantitative estimate of drug-likeness (QED) is 0.603. The number of nitrogens with zero attached hydrogens (tertiary/aromatic N) is 1. The van der Waals surface area contributed by atoms with Gasteiger partial charge in [-0.1, -0.05) is 18.2 Å². The van der Waals surface area contributed by atoms with E-state index in [1.807, 2.05) is 0 Å². The number of aliphatic hydroxyl groups excluding tert-OH is 1. The van der Waals surface area contributed by atoms with Crippen molar-refractivity contribution >= 4 is 5.69 Å². The maximum absolute atomic E-state index is 13.1. The van der Waals surface area contributed by atoms with Crippen molar-refractivity contribution in [2.75, 3.05) is 6.61 Å². The molecule has 0 spiro atoms.